The maximum absolute atomic E-state index is 12.0. The summed E-state index contributed by atoms with van der Waals surface area (Å²) >= 11 is 0. The zero-order chi connectivity index (χ0) is 17.5. The second kappa shape index (κ2) is 8.52. The van der Waals surface area contributed by atoms with Gasteiger partial charge in [0.1, 0.15) is 5.75 Å². The molecule has 0 spiro atoms. The van der Waals surface area contributed by atoms with Crippen molar-refractivity contribution in [1.82, 2.24) is 10.2 Å². The van der Waals surface area contributed by atoms with E-state index in [-0.39, 0.29) is 24.5 Å². The number of rotatable bonds is 7. The van der Waals surface area contributed by atoms with Crippen molar-refractivity contribution in [2.45, 2.75) is 45.3 Å². The number of carbonyl (C=O) groups excluding carboxylic acids is 2. The first-order chi connectivity index (χ1) is 11.5. The molecule has 1 aromatic rings. The summed E-state index contributed by atoms with van der Waals surface area (Å²) in [6.07, 6.45) is 6.08. The Morgan fingerprint density at radius 3 is 2.75 bits per heavy atom. The molecule has 1 N–H and O–H groups in total. The molecular weight excluding hydrogens is 304 g/mol. The van der Waals surface area contributed by atoms with Crippen LogP contribution in [0.1, 0.15) is 36.8 Å². The van der Waals surface area contributed by atoms with Crippen LogP contribution in [0.2, 0.25) is 0 Å². The van der Waals surface area contributed by atoms with E-state index in [1.165, 1.54) is 23.8 Å². The van der Waals surface area contributed by atoms with Crippen LogP contribution in [0.3, 0.4) is 0 Å². The Morgan fingerprint density at radius 2 is 2.08 bits per heavy atom. The number of aryl methyl sites for hydroxylation is 1. The second-order valence-corrected chi connectivity index (χ2v) is 6.31. The van der Waals surface area contributed by atoms with Crippen molar-refractivity contribution in [2.24, 2.45) is 0 Å². The van der Waals surface area contributed by atoms with Gasteiger partial charge in [0.05, 0.1) is 12.6 Å². The number of hydrogen-bond donors (Lipinski definition) is 1. The molecule has 0 unspecified atom stereocenters. The maximum Gasteiger partial charge on any atom is 0.246 e. The van der Waals surface area contributed by atoms with Crippen molar-refractivity contribution < 1.29 is 14.3 Å². The number of amides is 2. The van der Waals surface area contributed by atoms with Gasteiger partial charge in [-0.05, 0) is 50.3 Å². The molecule has 1 aliphatic carbocycles. The molecule has 0 aromatic heterocycles. The van der Waals surface area contributed by atoms with Gasteiger partial charge in [0.2, 0.25) is 11.8 Å². The number of hydrogen-bond acceptors (Lipinski definition) is 3. The molecule has 1 aliphatic rings. The molecule has 130 valence electrons. The smallest absolute Gasteiger partial charge is 0.246 e. The molecule has 0 radical (unpaired) electrons. The molecule has 1 aromatic carbocycles. The summed E-state index contributed by atoms with van der Waals surface area (Å²) in [5, 5.41) is 2.85. The topological polar surface area (TPSA) is 58.6 Å². The normalized spacial score (nSPS) is 14.2. The van der Waals surface area contributed by atoms with Crippen molar-refractivity contribution >= 4 is 11.8 Å². The summed E-state index contributed by atoms with van der Waals surface area (Å²) in [5.41, 5.74) is 2.09. The van der Waals surface area contributed by atoms with E-state index in [0.717, 1.165) is 29.7 Å². The minimum Gasteiger partial charge on any atom is -0.490 e. The zero-order valence-electron chi connectivity index (χ0n) is 14.5. The minimum atomic E-state index is -0.272. The van der Waals surface area contributed by atoms with Crippen LogP contribution in [0.5, 0.6) is 5.75 Å². The molecule has 1 saturated carbocycles. The average molecular weight is 330 g/mol. The molecule has 0 bridgehead atoms. The summed E-state index contributed by atoms with van der Waals surface area (Å²) in [5.74, 6) is 0.364. The molecule has 5 nitrogen and oxygen atoms in total. The molecule has 2 amide bonds. The quantitative estimate of drug-likeness (QED) is 0.782. The zero-order valence-corrected chi connectivity index (χ0v) is 14.5. The van der Waals surface area contributed by atoms with Crippen molar-refractivity contribution in [1.29, 1.82) is 0 Å². The third kappa shape index (κ3) is 5.11. The highest BCUT2D eigenvalue weighted by Crippen LogP contribution is 2.27. The Labute approximate surface area is 143 Å². The second-order valence-electron chi connectivity index (χ2n) is 6.31. The predicted molar refractivity (Wildman–Crippen MR) is 93.7 cm³/mol. The SMILES string of the molecule is C=CC(=O)N(C)CC(=O)NCc1ccc(C)cc1OC1CCCC1. The van der Waals surface area contributed by atoms with E-state index < -0.39 is 0 Å². The van der Waals surface area contributed by atoms with Gasteiger partial charge in [-0.25, -0.2) is 0 Å². The van der Waals surface area contributed by atoms with Crippen molar-refractivity contribution in [3.8, 4) is 5.75 Å². The van der Waals surface area contributed by atoms with Crippen molar-refractivity contribution in [3.05, 3.63) is 42.0 Å². The van der Waals surface area contributed by atoms with Crippen LogP contribution in [0.25, 0.3) is 0 Å². The van der Waals surface area contributed by atoms with E-state index >= 15 is 0 Å². The number of carbonyl (C=O) groups is 2. The van der Waals surface area contributed by atoms with Gasteiger partial charge in [-0.3, -0.25) is 9.59 Å². The molecule has 24 heavy (non-hydrogen) atoms. The number of likely N-dealkylation sites (N-methyl/N-ethyl adjacent to an activating group) is 1. The minimum absolute atomic E-state index is 0.00945. The molecule has 0 atom stereocenters. The summed E-state index contributed by atoms with van der Waals surface area (Å²) in [6.45, 7) is 5.83. The predicted octanol–water partition coefficient (Wildman–Crippen LogP) is 2.58. The Bertz CT molecular complexity index is 607. The molecule has 1 fully saturated rings. The molecular formula is C19H26N2O3. The average Bonchev–Trinajstić information content (AvgIpc) is 3.06. The van der Waals surface area contributed by atoms with Crippen LogP contribution in [-0.2, 0) is 16.1 Å². The Balaban J connectivity index is 1.94. The Kier molecular flexibility index (Phi) is 6.41. The van der Waals surface area contributed by atoms with E-state index in [4.69, 9.17) is 4.74 Å². The van der Waals surface area contributed by atoms with E-state index in [1.54, 1.807) is 7.05 Å². The summed E-state index contributed by atoms with van der Waals surface area (Å²) in [4.78, 5) is 24.7. The monoisotopic (exact) mass is 330 g/mol. The standard InChI is InChI=1S/C19H26N2O3/c1-4-19(23)21(3)13-18(22)20-12-15-10-9-14(2)11-17(15)24-16-7-5-6-8-16/h4,9-11,16H,1,5-8,12-13H2,2-3H3,(H,20,22). The van der Waals surface area contributed by atoms with Gasteiger partial charge in [0, 0.05) is 19.2 Å². The van der Waals surface area contributed by atoms with Gasteiger partial charge >= 0.3 is 0 Å². The Morgan fingerprint density at radius 1 is 1.38 bits per heavy atom. The molecule has 0 heterocycles. The van der Waals surface area contributed by atoms with Gasteiger partial charge in [-0.2, -0.15) is 0 Å². The van der Waals surface area contributed by atoms with E-state index in [9.17, 15) is 9.59 Å². The highest BCUT2D eigenvalue weighted by Gasteiger charge is 2.18. The lowest BCUT2D eigenvalue weighted by molar-refractivity contribution is -0.131. The van der Waals surface area contributed by atoms with Crippen LogP contribution in [0.15, 0.2) is 30.9 Å². The van der Waals surface area contributed by atoms with Gasteiger partial charge in [0.25, 0.3) is 0 Å². The van der Waals surface area contributed by atoms with E-state index in [1.807, 2.05) is 25.1 Å². The Hall–Kier alpha value is -2.30. The van der Waals surface area contributed by atoms with E-state index in [2.05, 4.69) is 11.9 Å². The number of benzene rings is 1. The van der Waals surface area contributed by atoms with Crippen LogP contribution < -0.4 is 10.1 Å². The molecule has 2 rings (SSSR count). The van der Waals surface area contributed by atoms with Crippen LogP contribution >= 0.6 is 0 Å². The summed E-state index contributed by atoms with van der Waals surface area (Å²) in [7, 11) is 1.57. The number of ether oxygens (including phenoxy) is 1. The third-order valence-electron chi connectivity index (χ3n) is 4.23. The number of nitrogens with one attached hydrogen (secondary N) is 1. The number of nitrogens with zero attached hydrogens (tertiary/aromatic N) is 1. The van der Waals surface area contributed by atoms with Crippen LogP contribution in [-0.4, -0.2) is 36.4 Å². The van der Waals surface area contributed by atoms with Gasteiger partial charge in [0.15, 0.2) is 0 Å². The lowest BCUT2D eigenvalue weighted by Crippen LogP contribution is -2.37. The third-order valence-corrected chi connectivity index (χ3v) is 4.23. The molecule has 0 aliphatic heterocycles. The van der Waals surface area contributed by atoms with Gasteiger partial charge < -0.3 is 15.0 Å². The molecule has 5 heteroatoms. The lowest BCUT2D eigenvalue weighted by Gasteiger charge is -2.18. The lowest BCUT2D eigenvalue weighted by atomic mass is 10.1. The van der Waals surface area contributed by atoms with Gasteiger partial charge in [-0.1, -0.05) is 18.7 Å². The fourth-order valence-corrected chi connectivity index (χ4v) is 2.80. The summed E-state index contributed by atoms with van der Waals surface area (Å²) in [6, 6.07) is 6.02. The highest BCUT2D eigenvalue weighted by atomic mass is 16.5. The first-order valence-electron chi connectivity index (χ1n) is 8.40. The largest absolute Gasteiger partial charge is 0.490 e. The van der Waals surface area contributed by atoms with Crippen molar-refractivity contribution in [3.63, 3.8) is 0 Å². The molecule has 0 saturated heterocycles. The van der Waals surface area contributed by atoms with Crippen LogP contribution in [0, 0.1) is 6.92 Å². The first-order valence-corrected chi connectivity index (χ1v) is 8.40. The fourth-order valence-electron chi connectivity index (χ4n) is 2.80. The fraction of sp³-hybridized carbons (Fsp3) is 0.474. The highest BCUT2D eigenvalue weighted by molar-refractivity contribution is 5.90. The maximum atomic E-state index is 12.0. The van der Waals surface area contributed by atoms with Crippen molar-refractivity contribution in [2.75, 3.05) is 13.6 Å². The van der Waals surface area contributed by atoms with Gasteiger partial charge in [-0.15, -0.1) is 0 Å². The first kappa shape index (κ1) is 18.0. The van der Waals surface area contributed by atoms with E-state index in [0.29, 0.717) is 6.54 Å². The summed E-state index contributed by atoms with van der Waals surface area (Å²) < 4.78 is 6.13. The van der Waals surface area contributed by atoms with Crippen LogP contribution in [0.4, 0.5) is 0 Å².